The number of pyridine rings is 1. The Morgan fingerprint density at radius 2 is 2.10 bits per heavy atom. The molecule has 114 valence electrons. The maximum Gasteiger partial charge on any atom is 0.324 e. The van der Waals surface area contributed by atoms with Crippen LogP contribution in [0, 0.1) is 0 Å². The van der Waals surface area contributed by atoms with Gasteiger partial charge in [0.2, 0.25) is 0 Å². The van der Waals surface area contributed by atoms with Crippen LogP contribution >= 0.6 is 0 Å². The topological polar surface area (TPSA) is 53.4 Å². The van der Waals surface area contributed by atoms with E-state index in [1.807, 2.05) is 24.5 Å². The lowest BCUT2D eigenvalue weighted by molar-refractivity contribution is -0.141. The molecule has 1 N–H and O–H groups in total. The summed E-state index contributed by atoms with van der Waals surface area (Å²) in [6, 6.07) is 3.65. The third-order valence-electron chi connectivity index (χ3n) is 4.13. The zero-order chi connectivity index (χ0) is 15.1. The first-order chi connectivity index (χ1) is 10.2. The number of hydrogen-bond acceptors (Lipinski definition) is 3. The Morgan fingerprint density at radius 3 is 2.67 bits per heavy atom. The molecule has 0 bridgehead atoms. The number of hydrogen-bond donors (Lipinski definition) is 1. The van der Waals surface area contributed by atoms with E-state index in [4.69, 9.17) is 0 Å². The van der Waals surface area contributed by atoms with Gasteiger partial charge < -0.3 is 5.11 Å². The predicted octanol–water partition coefficient (Wildman–Crippen LogP) is 3.07. The molecule has 1 fully saturated rings. The standard InChI is InChI=1S/C17H24N2O2/c1-2-3-4-5-16(17(20)21)19-12-8-15(9-13-19)14-6-10-18-11-7-14/h4-7,10-11,15-16H,2-3,8-9,12-13H2,1H3,(H,20,21)/b5-4+/t16-/m0/s1. The Morgan fingerprint density at radius 1 is 1.43 bits per heavy atom. The molecule has 0 aromatic carbocycles. The van der Waals surface area contributed by atoms with Crippen LogP contribution in [0.25, 0.3) is 0 Å². The van der Waals surface area contributed by atoms with Gasteiger partial charge in [-0.15, -0.1) is 0 Å². The summed E-state index contributed by atoms with van der Waals surface area (Å²) in [7, 11) is 0. The van der Waals surface area contributed by atoms with Crippen LogP contribution in [0.2, 0.25) is 0 Å². The maximum atomic E-state index is 11.4. The molecule has 0 radical (unpaired) electrons. The number of unbranched alkanes of at least 4 members (excludes halogenated alkanes) is 1. The summed E-state index contributed by atoms with van der Waals surface area (Å²) in [5.74, 6) is -0.219. The monoisotopic (exact) mass is 288 g/mol. The molecule has 21 heavy (non-hydrogen) atoms. The van der Waals surface area contributed by atoms with Crippen LogP contribution in [0.3, 0.4) is 0 Å². The molecule has 0 amide bonds. The van der Waals surface area contributed by atoms with Crippen LogP contribution in [0.5, 0.6) is 0 Å². The number of carboxylic acids is 1. The van der Waals surface area contributed by atoms with E-state index in [0.717, 1.165) is 38.8 Å². The fourth-order valence-electron chi connectivity index (χ4n) is 2.90. The van der Waals surface area contributed by atoms with Crippen LogP contribution < -0.4 is 0 Å². The lowest BCUT2D eigenvalue weighted by Crippen LogP contribution is -2.44. The molecule has 2 rings (SSSR count). The fraction of sp³-hybridized carbons (Fsp3) is 0.529. The molecule has 0 aliphatic carbocycles. The Kier molecular flexibility index (Phi) is 5.93. The van der Waals surface area contributed by atoms with Gasteiger partial charge in [0.1, 0.15) is 6.04 Å². The van der Waals surface area contributed by atoms with E-state index in [9.17, 15) is 9.90 Å². The third-order valence-corrected chi connectivity index (χ3v) is 4.13. The van der Waals surface area contributed by atoms with Gasteiger partial charge in [-0.3, -0.25) is 14.7 Å². The zero-order valence-corrected chi connectivity index (χ0v) is 12.6. The summed E-state index contributed by atoms with van der Waals surface area (Å²) in [6.45, 7) is 3.77. The summed E-state index contributed by atoms with van der Waals surface area (Å²) in [5.41, 5.74) is 1.32. The normalized spacial score (nSPS) is 18.9. The highest BCUT2D eigenvalue weighted by atomic mass is 16.4. The minimum Gasteiger partial charge on any atom is -0.480 e. The summed E-state index contributed by atoms with van der Waals surface area (Å²) in [6.07, 6.45) is 11.5. The van der Waals surface area contributed by atoms with Gasteiger partial charge in [-0.2, -0.15) is 0 Å². The van der Waals surface area contributed by atoms with Gasteiger partial charge in [0.25, 0.3) is 0 Å². The number of allylic oxidation sites excluding steroid dienone is 1. The number of carbonyl (C=O) groups is 1. The smallest absolute Gasteiger partial charge is 0.324 e. The summed E-state index contributed by atoms with van der Waals surface area (Å²) in [5, 5.41) is 9.41. The van der Waals surface area contributed by atoms with E-state index in [1.165, 1.54) is 5.56 Å². The first-order valence-electron chi connectivity index (χ1n) is 7.75. The minimum absolute atomic E-state index is 0.477. The number of carboxylic acid groups (broad SMARTS) is 1. The van der Waals surface area contributed by atoms with Gasteiger partial charge in [0.15, 0.2) is 0 Å². The van der Waals surface area contributed by atoms with Crippen LogP contribution in [-0.4, -0.2) is 40.1 Å². The molecule has 1 aliphatic heterocycles. The first-order valence-corrected chi connectivity index (χ1v) is 7.75. The van der Waals surface area contributed by atoms with Gasteiger partial charge in [-0.25, -0.2) is 0 Å². The largest absolute Gasteiger partial charge is 0.480 e. The van der Waals surface area contributed by atoms with Crippen LogP contribution in [0.15, 0.2) is 36.7 Å². The van der Waals surface area contributed by atoms with Crippen molar-refractivity contribution in [3.8, 4) is 0 Å². The lowest BCUT2D eigenvalue weighted by atomic mass is 9.89. The summed E-state index contributed by atoms with van der Waals surface area (Å²) >= 11 is 0. The third kappa shape index (κ3) is 4.39. The average molecular weight is 288 g/mol. The quantitative estimate of drug-likeness (QED) is 0.817. The average Bonchev–Trinajstić information content (AvgIpc) is 2.52. The van der Waals surface area contributed by atoms with Crippen molar-refractivity contribution in [1.82, 2.24) is 9.88 Å². The number of nitrogens with zero attached hydrogens (tertiary/aromatic N) is 2. The molecule has 2 heterocycles. The molecule has 0 unspecified atom stereocenters. The van der Waals surface area contributed by atoms with Crippen molar-refractivity contribution in [2.45, 2.75) is 44.6 Å². The molecular formula is C17H24N2O2. The van der Waals surface area contributed by atoms with Gasteiger partial charge in [-0.1, -0.05) is 25.5 Å². The number of aromatic nitrogens is 1. The highest BCUT2D eigenvalue weighted by molar-refractivity contribution is 5.75. The van der Waals surface area contributed by atoms with Crippen molar-refractivity contribution in [1.29, 1.82) is 0 Å². The Labute approximate surface area is 126 Å². The molecule has 1 aromatic heterocycles. The fourth-order valence-corrected chi connectivity index (χ4v) is 2.90. The molecule has 1 aliphatic rings. The maximum absolute atomic E-state index is 11.4. The molecule has 1 saturated heterocycles. The highest BCUT2D eigenvalue weighted by Gasteiger charge is 2.28. The van der Waals surface area contributed by atoms with Crippen molar-refractivity contribution < 1.29 is 9.90 Å². The minimum atomic E-state index is -0.746. The summed E-state index contributed by atoms with van der Waals surface area (Å²) in [4.78, 5) is 17.6. The first kappa shape index (κ1) is 15.7. The van der Waals surface area contributed by atoms with E-state index >= 15 is 0 Å². The summed E-state index contributed by atoms with van der Waals surface area (Å²) < 4.78 is 0. The Hall–Kier alpha value is -1.68. The molecule has 1 atom stereocenters. The molecule has 4 heteroatoms. The van der Waals surface area contributed by atoms with Gasteiger partial charge >= 0.3 is 5.97 Å². The van der Waals surface area contributed by atoms with E-state index in [2.05, 4.69) is 28.9 Å². The molecular weight excluding hydrogens is 264 g/mol. The molecule has 0 saturated carbocycles. The van der Waals surface area contributed by atoms with E-state index in [1.54, 1.807) is 0 Å². The number of aliphatic carboxylic acids is 1. The Bertz CT molecular complexity index is 465. The van der Waals surface area contributed by atoms with E-state index in [0.29, 0.717) is 5.92 Å². The zero-order valence-electron chi connectivity index (χ0n) is 12.6. The van der Waals surface area contributed by atoms with Crippen molar-refractivity contribution >= 4 is 5.97 Å². The van der Waals surface area contributed by atoms with Crippen LogP contribution in [-0.2, 0) is 4.79 Å². The van der Waals surface area contributed by atoms with Crippen molar-refractivity contribution in [3.63, 3.8) is 0 Å². The second kappa shape index (κ2) is 7.93. The van der Waals surface area contributed by atoms with Gasteiger partial charge in [0.05, 0.1) is 0 Å². The molecule has 4 nitrogen and oxygen atoms in total. The number of piperidine rings is 1. The second-order valence-electron chi connectivity index (χ2n) is 5.59. The van der Waals surface area contributed by atoms with Gasteiger partial charge in [0, 0.05) is 12.4 Å². The van der Waals surface area contributed by atoms with E-state index < -0.39 is 12.0 Å². The Balaban J connectivity index is 1.93. The second-order valence-corrected chi connectivity index (χ2v) is 5.59. The highest BCUT2D eigenvalue weighted by Crippen LogP contribution is 2.28. The van der Waals surface area contributed by atoms with Crippen LogP contribution in [0.1, 0.15) is 44.1 Å². The van der Waals surface area contributed by atoms with Crippen molar-refractivity contribution in [2.24, 2.45) is 0 Å². The van der Waals surface area contributed by atoms with E-state index in [-0.39, 0.29) is 0 Å². The predicted molar refractivity (Wildman–Crippen MR) is 83.3 cm³/mol. The number of likely N-dealkylation sites (tertiary alicyclic amines) is 1. The number of rotatable bonds is 6. The molecule has 1 aromatic rings. The van der Waals surface area contributed by atoms with Crippen molar-refractivity contribution in [2.75, 3.05) is 13.1 Å². The van der Waals surface area contributed by atoms with Gasteiger partial charge in [-0.05, 0) is 56.0 Å². The van der Waals surface area contributed by atoms with Crippen LogP contribution in [0.4, 0.5) is 0 Å². The SMILES string of the molecule is CCC/C=C/[C@@H](C(=O)O)N1CCC(c2ccncc2)CC1. The lowest BCUT2D eigenvalue weighted by Gasteiger charge is -2.34. The molecule has 0 spiro atoms. The van der Waals surface area contributed by atoms with Crippen molar-refractivity contribution in [3.05, 3.63) is 42.2 Å².